The molecule has 0 spiro atoms. The minimum Gasteiger partial charge on any atom is -0.289 e. The van der Waals surface area contributed by atoms with Gasteiger partial charge in [-0.2, -0.15) is 0 Å². The summed E-state index contributed by atoms with van der Waals surface area (Å²) >= 11 is -2.38. The number of amides is 1. The number of benzene rings is 1. The van der Waals surface area contributed by atoms with Gasteiger partial charge in [0.05, 0.1) is 0 Å². The molecule has 1 amide bonds. The highest BCUT2D eigenvalue weighted by molar-refractivity contribution is 7.77. The molecule has 6 nitrogen and oxygen atoms in total. The van der Waals surface area contributed by atoms with Crippen molar-refractivity contribution in [2.24, 2.45) is 0 Å². The van der Waals surface area contributed by atoms with Crippen LogP contribution in [0.3, 0.4) is 0 Å². The summed E-state index contributed by atoms with van der Waals surface area (Å²) in [4.78, 5) is 11.1. The lowest BCUT2D eigenvalue weighted by molar-refractivity contribution is -0.125. The number of carbonyl (C=O) groups excluding carboxylic acids is 1. The number of carbonyl (C=O) groups is 1. The Balaban J connectivity index is 2.96. The van der Waals surface area contributed by atoms with E-state index in [2.05, 4.69) is 0 Å². The van der Waals surface area contributed by atoms with E-state index in [1.54, 1.807) is 30.3 Å². The van der Waals surface area contributed by atoms with Crippen LogP contribution in [0.1, 0.15) is 5.56 Å². The molecule has 0 radical (unpaired) electrons. The fraction of sp³-hybridized carbons (Fsp3) is 0. The molecule has 1 aromatic carbocycles. The second-order valence-electron chi connectivity index (χ2n) is 2.76. The predicted molar refractivity (Wildman–Crippen MR) is 58.3 cm³/mol. The van der Waals surface area contributed by atoms with Crippen molar-refractivity contribution < 1.29 is 18.8 Å². The average molecular weight is 242 g/mol. The quantitative estimate of drug-likeness (QED) is 0.263. The molecule has 86 valence electrons. The van der Waals surface area contributed by atoms with Gasteiger partial charge in [-0.1, -0.05) is 30.3 Å². The molecule has 0 aliphatic heterocycles. The van der Waals surface area contributed by atoms with Crippen molar-refractivity contribution in [1.82, 2.24) is 10.2 Å². The highest BCUT2D eigenvalue weighted by Gasteiger charge is 2.09. The first-order valence-corrected chi connectivity index (χ1v) is 5.33. The van der Waals surface area contributed by atoms with Crippen molar-refractivity contribution in [2.45, 2.75) is 0 Å². The topological polar surface area (TPSA) is 98.7 Å². The van der Waals surface area contributed by atoms with E-state index in [4.69, 9.17) is 9.76 Å². The van der Waals surface area contributed by atoms with Gasteiger partial charge in [0.25, 0.3) is 17.2 Å². The first-order valence-electron chi connectivity index (χ1n) is 4.22. The average Bonchev–Trinajstić information content (AvgIpc) is 2.28. The summed E-state index contributed by atoms with van der Waals surface area (Å²) in [6.07, 6.45) is 1.33. The van der Waals surface area contributed by atoms with Crippen LogP contribution in [0, 0.1) is 0 Å². The normalized spacial score (nSPS) is 13.0. The van der Waals surface area contributed by atoms with Crippen molar-refractivity contribution in [2.75, 3.05) is 0 Å². The van der Waals surface area contributed by atoms with Gasteiger partial charge in [0, 0.05) is 0 Å². The smallest absolute Gasteiger partial charge is 0.289 e. The molecule has 0 saturated heterocycles. The van der Waals surface area contributed by atoms with Gasteiger partial charge in [-0.05, 0) is 11.6 Å². The highest BCUT2D eigenvalue weighted by Crippen LogP contribution is 2.04. The van der Waals surface area contributed by atoms with Crippen LogP contribution in [0.25, 0.3) is 6.08 Å². The van der Waals surface area contributed by atoms with Crippen LogP contribution in [-0.2, 0) is 16.1 Å². The molecule has 0 heterocycles. The van der Waals surface area contributed by atoms with Crippen LogP contribution in [0.4, 0.5) is 0 Å². The summed E-state index contributed by atoms with van der Waals surface area (Å²) in [5, 5.41) is 8.44. The number of hydroxylamine groups is 1. The fourth-order valence-electron chi connectivity index (χ4n) is 1.01. The third kappa shape index (κ3) is 3.81. The van der Waals surface area contributed by atoms with E-state index in [1.807, 2.05) is 4.72 Å². The van der Waals surface area contributed by atoms with Crippen LogP contribution >= 0.6 is 0 Å². The molecule has 0 saturated carbocycles. The summed E-state index contributed by atoms with van der Waals surface area (Å²) in [6, 6.07) is 8.69. The van der Waals surface area contributed by atoms with E-state index in [9.17, 15) is 9.00 Å². The van der Waals surface area contributed by atoms with Crippen molar-refractivity contribution in [3.63, 3.8) is 0 Å². The molecule has 16 heavy (non-hydrogen) atoms. The third-order valence-electron chi connectivity index (χ3n) is 1.65. The Morgan fingerprint density at radius 1 is 1.31 bits per heavy atom. The Morgan fingerprint density at radius 2 is 1.94 bits per heavy atom. The minimum absolute atomic E-state index is 0.213. The van der Waals surface area contributed by atoms with Gasteiger partial charge in [-0.25, -0.2) is 9.69 Å². The molecule has 1 rings (SSSR count). The standard InChI is InChI=1S/C9H10N2O4S/c12-9(10-13)8(11-16(14)15)6-7-4-2-1-3-5-7/h1-6,11,13H,(H,10,12)(H,14,15). The lowest BCUT2D eigenvalue weighted by Gasteiger charge is -2.04. The molecule has 0 bridgehead atoms. The zero-order valence-electron chi connectivity index (χ0n) is 8.08. The summed E-state index contributed by atoms with van der Waals surface area (Å²) in [5.74, 6) is -0.897. The van der Waals surface area contributed by atoms with Crippen molar-refractivity contribution in [3.8, 4) is 0 Å². The van der Waals surface area contributed by atoms with Crippen LogP contribution in [0.5, 0.6) is 0 Å². The number of nitrogens with one attached hydrogen (secondary N) is 2. The molecule has 1 unspecified atom stereocenters. The molecule has 0 fully saturated rings. The molecule has 1 aromatic rings. The molecule has 0 aromatic heterocycles. The second-order valence-corrected chi connectivity index (χ2v) is 3.46. The number of hydrogen-bond donors (Lipinski definition) is 4. The first-order chi connectivity index (χ1) is 7.63. The zero-order valence-corrected chi connectivity index (χ0v) is 8.90. The Morgan fingerprint density at radius 3 is 2.44 bits per heavy atom. The minimum atomic E-state index is -2.38. The lowest BCUT2D eigenvalue weighted by Crippen LogP contribution is -2.30. The van der Waals surface area contributed by atoms with Gasteiger partial charge in [-0.15, -0.1) is 0 Å². The maximum absolute atomic E-state index is 11.1. The number of rotatable bonds is 4. The summed E-state index contributed by atoms with van der Waals surface area (Å²) in [6.45, 7) is 0. The van der Waals surface area contributed by atoms with E-state index in [-0.39, 0.29) is 5.70 Å². The SMILES string of the molecule is O=C(NO)C(=Cc1ccccc1)NS(=O)O. The molecular weight excluding hydrogens is 232 g/mol. The Hall–Kier alpha value is -1.70. The zero-order chi connectivity index (χ0) is 12.0. The van der Waals surface area contributed by atoms with Crippen molar-refractivity contribution in [3.05, 3.63) is 41.6 Å². The Bertz CT molecular complexity index is 419. The largest absolute Gasteiger partial charge is 0.291 e. The molecule has 4 N–H and O–H groups in total. The maximum atomic E-state index is 11.1. The Labute approximate surface area is 94.4 Å². The Kier molecular flexibility index (Phi) is 4.65. The maximum Gasteiger partial charge on any atom is 0.291 e. The molecule has 7 heteroatoms. The van der Waals surface area contributed by atoms with E-state index >= 15 is 0 Å². The van der Waals surface area contributed by atoms with Gasteiger partial charge in [-0.3, -0.25) is 19.3 Å². The van der Waals surface area contributed by atoms with E-state index in [0.29, 0.717) is 5.56 Å². The molecule has 0 aliphatic carbocycles. The summed E-state index contributed by atoms with van der Waals surface area (Å²) in [7, 11) is 0. The monoisotopic (exact) mass is 242 g/mol. The van der Waals surface area contributed by atoms with E-state index < -0.39 is 17.2 Å². The van der Waals surface area contributed by atoms with E-state index in [0.717, 1.165) is 0 Å². The van der Waals surface area contributed by atoms with Gasteiger partial charge in [0.1, 0.15) is 5.70 Å². The van der Waals surface area contributed by atoms with Crippen LogP contribution in [0.2, 0.25) is 0 Å². The highest BCUT2D eigenvalue weighted by atomic mass is 32.2. The van der Waals surface area contributed by atoms with Gasteiger partial charge in [0.15, 0.2) is 0 Å². The van der Waals surface area contributed by atoms with Gasteiger partial charge in [0.2, 0.25) is 0 Å². The molecule has 0 aliphatic rings. The molecular formula is C9H10N2O4S. The molecule has 1 atom stereocenters. The first kappa shape index (κ1) is 12.4. The van der Waals surface area contributed by atoms with E-state index in [1.165, 1.54) is 11.6 Å². The van der Waals surface area contributed by atoms with Gasteiger partial charge >= 0.3 is 0 Å². The van der Waals surface area contributed by atoms with Crippen molar-refractivity contribution >= 4 is 23.2 Å². The lowest BCUT2D eigenvalue weighted by atomic mass is 10.2. The second kappa shape index (κ2) is 6.01. The summed E-state index contributed by atoms with van der Waals surface area (Å²) < 4.78 is 21.1. The predicted octanol–water partition coefficient (Wildman–Crippen LogP) is 0.259. The van der Waals surface area contributed by atoms with Crippen LogP contribution < -0.4 is 10.2 Å². The fourth-order valence-corrected chi connectivity index (χ4v) is 1.35. The van der Waals surface area contributed by atoms with Gasteiger partial charge < -0.3 is 0 Å². The summed E-state index contributed by atoms with van der Waals surface area (Å²) in [5.41, 5.74) is 1.81. The third-order valence-corrected chi connectivity index (χ3v) is 2.05. The van der Waals surface area contributed by atoms with Crippen LogP contribution in [-0.4, -0.2) is 19.9 Å². The van der Waals surface area contributed by atoms with Crippen LogP contribution in [0.15, 0.2) is 36.0 Å². The number of hydrogen-bond acceptors (Lipinski definition) is 3. The van der Waals surface area contributed by atoms with Crippen molar-refractivity contribution in [1.29, 1.82) is 0 Å².